The number of hydrogen-bond donors (Lipinski definition) is 0. The fourth-order valence-electron chi connectivity index (χ4n) is 5.63. The maximum Gasteiger partial charge on any atom is 0.224 e. The summed E-state index contributed by atoms with van der Waals surface area (Å²) in [6, 6.07) is 0.419. The van der Waals surface area contributed by atoms with Crippen LogP contribution in [0.2, 0.25) is 0 Å². The van der Waals surface area contributed by atoms with Gasteiger partial charge in [0.25, 0.3) is 0 Å². The van der Waals surface area contributed by atoms with Gasteiger partial charge < -0.3 is 14.4 Å². The number of rotatable bonds is 8. The van der Waals surface area contributed by atoms with E-state index in [-0.39, 0.29) is 5.91 Å². The van der Waals surface area contributed by atoms with Crippen LogP contribution in [0, 0.1) is 11.3 Å². The second kappa shape index (κ2) is 10.7. The normalized spacial score (nSPS) is 18.6. The number of nitrogens with zero attached hydrogens (tertiary/aromatic N) is 4. The van der Waals surface area contributed by atoms with Crippen LogP contribution < -0.4 is 4.90 Å². The van der Waals surface area contributed by atoms with Gasteiger partial charge in [0.2, 0.25) is 11.9 Å². The van der Waals surface area contributed by atoms with E-state index in [0.29, 0.717) is 24.4 Å². The summed E-state index contributed by atoms with van der Waals surface area (Å²) < 4.78 is 2.20. The van der Waals surface area contributed by atoms with E-state index in [4.69, 9.17) is 4.98 Å². The van der Waals surface area contributed by atoms with E-state index in [1.165, 1.54) is 32.1 Å². The Morgan fingerprint density at radius 3 is 2.28 bits per heavy atom. The summed E-state index contributed by atoms with van der Waals surface area (Å²) in [5.41, 5.74) is 2.18. The van der Waals surface area contributed by atoms with Crippen LogP contribution in [0.25, 0.3) is 12.2 Å². The van der Waals surface area contributed by atoms with Gasteiger partial charge in [0.15, 0.2) is 0 Å². The molecule has 178 valence electrons. The molecule has 1 aliphatic heterocycles. The quantitative estimate of drug-likeness (QED) is 0.497. The molecule has 32 heavy (non-hydrogen) atoms. The van der Waals surface area contributed by atoms with Crippen LogP contribution in [0.15, 0.2) is 13.2 Å². The second-order valence-corrected chi connectivity index (χ2v) is 10.6. The summed E-state index contributed by atoms with van der Waals surface area (Å²) >= 11 is 0. The maximum absolute atomic E-state index is 13.2. The molecule has 5 heteroatoms. The molecule has 0 unspecified atom stereocenters. The number of carbonyl (C=O) groups excluding carboxylic acids is 1. The van der Waals surface area contributed by atoms with E-state index >= 15 is 0 Å². The van der Waals surface area contributed by atoms with Crippen molar-refractivity contribution < 1.29 is 4.79 Å². The van der Waals surface area contributed by atoms with Crippen LogP contribution >= 0.6 is 0 Å². The average molecular weight is 441 g/mol. The minimum absolute atomic E-state index is 0.264. The van der Waals surface area contributed by atoms with Crippen LogP contribution in [0.1, 0.15) is 90.4 Å². The van der Waals surface area contributed by atoms with Crippen molar-refractivity contribution in [2.75, 3.05) is 24.5 Å². The molecule has 1 saturated heterocycles. The third-order valence-corrected chi connectivity index (χ3v) is 7.63. The molecule has 1 aromatic rings. The molecular formula is C27H44N4O. The summed E-state index contributed by atoms with van der Waals surface area (Å²) in [5, 5.41) is 0. The van der Waals surface area contributed by atoms with Crippen LogP contribution in [0.4, 0.5) is 5.95 Å². The van der Waals surface area contributed by atoms with Crippen molar-refractivity contribution in [3.05, 3.63) is 24.5 Å². The van der Waals surface area contributed by atoms with Gasteiger partial charge in [-0.25, -0.2) is 4.98 Å². The van der Waals surface area contributed by atoms with Gasteiger partial charge >= 0.3 is 0 Å². The molecule has 2 heterocycles. The number of hydrogen-bond acceptors (Lipinski definition) is 3. The lowest BCUT2D eigenvalue weighted by molar-refractivity contribution is -0.134. The topological polar surface area (TPSA) is 41.4 Å². The summed E-state index contributed by atoms with van der Waals surface area (Å²) in [5.74, 6) is 1.96. The second-order valence-electron chi connectivity index (χ2n) is 10.6. The fourth-order valence-corrected chi connectivity index (χ4v) is 5.63. The zero-order valence-electron chi connectivity index (χ0n) is 20.9. The molecule has 2 aliphatic rings. The Bertz CT molecular complexity index is 789. The summed E-state index contributed by atoms with van der Waals surface area (Å²) in [6.45, 7) is 20.6. The van der Waals surface area contributed by atoms with E-state index < -0.39 is 0 Å². The van der Waals surface area contributed by atoms with Crippen molar-refractivity contribution in [1.82, 2.24) is 14.5 Å². The molecule has 0 spiro atoms. The van der Waals surface area contributed by atoms with Crippen molar-refractivity contribution >= 4 is 24.0 Å². The molecular weight excluding hydrogens is 396 g/mol. The number of imidazole rings is 1. The Balaban J connectivity index is 1.75. The standard InChI is InChI=1S/C27H44N4O/c1-7-23-24(8-2)31(20-17-25(32)30(9-3)22-13-11-10-12-14-22)26(28-23)29-18-15-21(16-19-29)27(4,5)6/h7-8,21-22H,1-2,9-20H2,3-6H3. The van der Waals surface area contributed by atoms with Crippen LogP contribution in [0.3, 0.4) is 0 Å². The highest BCUT2D eigenvalue weighted by atomic mass is 16.2. The molecule has 3 rings (SSSR count). The molecule has 1 saturated carbocycles. The number of amides is 1. The van der Waals surface area contributed by atoms with Crippen molar-refractivity contribution in [3.8, 4) is 0 Å². The lowest BCUT2D eigenvalue weighted by Gasteiger charge is -2.39. The van der Waals surface area contributed by atoms with E-state index in [2.05, 4.69) is 55.2 Å². The Morgan fingerprint density at radius 2 is 1.75 bits per heavy atom. The summed E-state index contributed by atoms with van der Waals surface area (Å²) in [6.07, 6.45) is 12.6. The first kappa shape index (κ1) is 24.6. The van der Waals surface area contributed by atoms with Gasteiger partial charge in [-0.05, 0) is 56.1 Å². The highest BCUT2D eigenvalue weighted by molar-refractivity contribution is 5.76. The zero-order chi connectivity index (χ0) is 23.3. The summed E-state index contributed by atoms with van der Waals surface area (Å²) in [7, 11) is 0. The van der Waals surface area contributed by atoms with Crippen molar-refractivity contribution in [2.45, 2.75) is 91.6 Å². The largest absolute Gasteiger partial charge is 0.342 e. The Hall–Kier alpha value is -2.04. The molecule has 0 radical (unpaired) electrons. The van der Waals surface area contributed by atoms with Gasteiger partial charge in [-0.2, -0.15) is 0 Å². The number of aromatic nitrogens is 2. The van der Waals surface area contributed by atoms with E-state index in [1.54, 1.807) is 6.08 Å². The third-order valence-electron chi connectivity index (χ3n) is 7.63. The predicted molar refractivity (Wildman–Crippen MR) is 136 cm³/mol. The minimum Gasteiger partial charge on any atom is -0.342 e. The van der Waals surface area contributed by atoms with Gasteiger partial charge in [-0.15, -0.1) is 0 Å². The Labute approximate surface area is 195 Å². The molecule has 1 aliphatic carbocycles. The third kappa shape index (κ3) is 5.47. The van der Waals surface area contributed by atoms with Crippen molar-refractivity contribution in [3.63, 3.8) is 0 Å². The number of anilines is 1. The van der Waals surface area contributed by atoms with Crippen molar-refractivity contribution in [2.24, 2.45) is 11.3 Å². The van der Waals surface area contributed by atoms with Gasteiger partial charge in [0.1, 0.15) is 0 Å². The number of carbonyl (C=O) groups is 1. The van der Waals surface area contributed by atoms with Crippen LogP contribution in [0.5, 0.6) is 0 Å². The molecule has 0 atom stereocenters. The molecule has 1 amide bonds. The molecule has 2 fully saturated rings. The smallest absolute Gasteiger partial charge is 0.224 e. The first-order chi connectivity index (χ1) is 15.3. The van der Waals surface area contributed by atoms with E-state index in [0.717, 1.165) is 55.7 Å². The highest BCUT2D eigenvalue weighted by Gasteiger charge is 2.31. The Kier molecular flexibility index (Phi) is 8.24. The SMILES string of the molecule is C=Cc1nc(N2CCC(C(C)(C)C)CC2)n(CCC(=O)N(CC)C2CCCCC2)c1C=C. The Morgan fingerprint density at radius 1 is 1.09 bits per heavy atom. The predicted octanol–water partition coefficient (Wildman–Crippen LogP) is 6.00. The summed E-state index contributed by atoms with van der Waals surface area (Å²) in [4.78, 5) is 22.6. The van der Waals surface area contributed by atoms with E-state index in [9.17, 15) is 4.79 Å². The first-order valence-corrected chi connectivity index (χ1v) is 12.7. The van der Waals surface area contributed by atoms with Crippen molar-refractivity contribution in [1.29, 1.82) is 0 Å². The van der Waals surface area contributed by atoms with Gasteiger partial charge in [-0.1, -0.05) is 53.2 Å². The molecule has 0 bridgehead atoms. The lowest BCUT2D eigenvalue weighted by Crippen LogP contribution is -2.42. The highest BCUT2D eigenvalue weighted by Crippen LogP contribution is 2.36. The molecule has 0 aromatic carbocycles. The van der Waals surface area contributed by atoms with Gasteiger partial charge in [0.05, 0.1) is 11.4 Å². The lowest BCUT2D eigenvalue weighted by atomic mass is 9.75. The molecule has 1 aromatic heterocycles. The first-order valence-electron chi connectivity index (χ1n) is 12.7. The number of piperidine rings is 1. The molecule has 0 N–H and O–H groups in total. The minimum atomic E-state index is 0.264. The average Bonchev–Trinajstić information content (AvgIpc) is 3.16. The zero-order valence-corrected chi connectivity index (χ0v) is 20.9. The monoisotopic (exact) mass is 440 g/mol. The molecule has 5 nitrogen and oxygen atoms in total. The fraction of sp³-hybridized carbons (Fsp3) is 0.704. The van der Waals surface area contributed by atoms with Crippen LogP contribution in [-0.2, 0) is 11.3 Å². The van der Waals surface area contributed by atoms with Crippen LogP contribution in [-0.4, -0.2) is 46.0 Å². The van der Waals surface area contributed by atoms with E-state index in [1.807, 2.05) is 6.08 Å². The van der Waals surface area contributed by atoms with Gasteiger partial charge in [-0.3, -0.25) is 4.79 Å². The maximum atomic E-state index is 13.2. The van der Waals surface area contributed by atoms with Gasteiger partial charge in [0, 0.05) is 38.6 Å².